The minimum Gasteiger partial charge on any atom is -0.300 e. The van der Waals surface area contributed by atoms with Crippen LogP contribution >= 0.6 is 0 Å². The molecule has 92 valence electrons. The maximum Gasteiger partial charge on any atom is 0.416 e. The van der Waals surface area contributed by atoms with Crippen molar-refractivity contribution < 1.29 is 13.2 Å². The Morgan fingerprint density at radius 2 is 2.00 bits per heavy atom. The number of halogens is 3. The van der Waals surface area contributed by atoms with E-state index in [0.29, 0.717) is 6.54 Å². The minimum atomic E-state index is -4.38. The summed E-state index contributed by atoms with van der Waals surface area (Å²) in [6.45, 7) is 2.51. The third-order valence-electron chi connectivity index (χ3n) is 2.34. The molecule has 4 heteroatoms. The highest BCUT2D eigenvalue weighted by Crippen LogP contribution is 2.34. The quantitative estimate of drug-likeness (QED) is 0.797. The van der Waals surface area contributed by atoms with Crippen LogP contribution in [0.5, 0.6) is 0 Å². The van der Waals surface area contributed by atoms with Gasteiger partial charge in [0, 0.05) is 0 Å². The molecule has 0 amide bonds. The summed E-state index contributed by atoms with van der Waals surface area (Å²) in [4.78, 5) is 0. The number of hydrogen-bond donors (Lipinski definition) is 1. The van der Waals surface area contributed by atoms with Crippen molar-refractivity contribution in [2.45, 2.75) is 25.6 Å². The zero-order valence-electron chi connectivity index (χ0n) is 9.51. The van der Waals surface area contributed by atoms with Crippen molar-refractivity contribution in [2.75, 3.05) is 6.54 Å². The molecule has 0 spiro atoms. The Morgan fingerprint density at radius 1 is 1.35 bits per heavy atom. The summed E-state index contributed by atoms with van der Waals surface area (Å²) in [6.07, 6.45) is 1.71. The average molecular weight is 241 g/mol. The molecule has 0 aromatic heterocycles. The van der Waals surface area contributed by atoms with Crippen molar-refractivity contribution in [1.82, 2.24) is 5.32 Å². The van der Waals surface area contributed by atoms with Crippen LogP contribution in [0.3, 0.4) is 0 Å². The first-order valence-electron chi connectivity index (χ1n) is 5.36. The third-order valence-corrected chi connectivity index (χ3v) is 2.34. The van der Waals surface area contributed by atoms with Gasteiger partial charge in [-0.1, -0.05) is 31.0 Å². The lowest BCUT2D eigenvalue weighted by atomic mass is 10.0. The molecule has 0 fully saturated rings. The van der Waals surface area contributed by atoms with Crippen LogP contribution in [0.2, 0.25) is 0 Å². The first-order valence-corrected chi connectivity index (χ1v) is 5.36. The summed E-state index contributed by atoms with van der Waals surface area (Å²) in [6, 6.07) is 4.68. The predicted molar refractivity (Wildman–Crippen MR) is 61.3 cm³/mol. The molecule has 17 heavy (non-hydrogen) atoms. The van der Waals surface area contributed by atoms with Gasteiger partial charge in [-0.3, -0.25) is 5.32 Å². The molecule has 1 aromatic carbocycles. The van der Waals surface area contributed by atoms with Gasteiger partial charge in [0.1, 0.15) is 0 Å². The van der Waals surface area contributed by atoms with Crippen LogP contribution in [0.4, 0.5) is 13.2 Å². The van der Waals surface area contributed by atoms with E-state index in [0.717, 1.165) is 12.5 Å². The van der Waals surface area contributed by atoms with Crippen LogP contribution in [0, 0.1) is 12.3 Å². The molecule has 1 atom stereocenters. The number of rotatable bonds is 4. The van der Waals surface area contributed by atoms with Gasteiger partial charge >= 0.3 is 6.18 Å². The average Bonchev–Trinajstić information content (AvgIpc) is 2.29. The number of nitrogens with one attached hydrogen (secondary N) is 1. The van der Waals surface area contributed by atoms with Crippen LogP contribution in [-0.4, -0.2) is 6.54 Å². The highest BCUT2D eigenvalue weighted by molar-refractivity contribution is 5.36. The summed E-state index contributed by atoms with van der Waals surface area (Å²) in [5, 5.41) is 2.91. The molecule has 0 aliphatic rings. The molecular weight excluding hydrogens is 227 g/mol. The molecule has 1 N–H and O–H groups in total. The van der Waals surface area contributed by atoms with E-state index < -0.39 is 17.8 Å². The van der Waals surface area contributed by atoms with E-state index in [9.17, 15) is 13.2 Å². The Bertz CT molecular complexity index is 404. The second-order valence-corrected chi connectivity index (χ2v) is 3.64. The molecule has 1 nitrogen and oxygen atoms in total. The highest BCUT2D eigenvalue weighted by atomic mass is 19.4. The van der Waals surface area contributed by atoms with Crippen molar-refractivity contribution in [3.8, 4) is 12.3 Å². The first kappa shape index (κ1) is 13.6. The standard InChI is InChI=1S/C13H14F3N/c1-3-9-17-12(4-2)10-7-5-6-8-11(10)13(14,15)16/h2,5-8,12,17H,3,9H2,1H3. The fourth-order valence-corrected chi connectivity index (χ4v) is 1.55. The number of benzene rings is 1. The summed E-state index contributed by atoms with van der Waals surface area (Å²) >= 11 is 0. The molecule has 0 saturated heterocycles. The Labute approximate surface area is 99.0 Å². The molecule has 0 aliphatic heterocycles. The van der Waals surface area contributed by atoms with E-state index in [1.54, 1.807) is 6.07 Å². The largest absolute Gasteiger partial charge is 0.416 e. The normalized spacial score (nSPS) is 13.1. The number of hydrogen-bond acceptors (Lipinski definition) is 1. The van der Waals surface area contributed by atoms with E-state index in [1.807, 2.05) is 6.92 Å². The number of terminal acetylenes is 1. The summed E-state index contributed by atoms with van der Waals surface area (Å²) < 4.78 is 38.3. The van der Waals surface area contributed by atoms with E-state index in [2.05, 4.69) is 11.2 Å². The molecule has 1 rings (SSSR count). The molecule has 0 aliphatic carbocycles. The highest BCUT2D eigenvalue weighted by Gasteiger charge is 2.34. The molecule has 0 bridgehead atoms. The Balaban J connectivity index is 3.08. The molecule has 0 saturated carbocycles. The topological polar surface area (TPSA) is 12.0 Å². The lowest BCUT2D eigenvalue weighted by Crippen LogP contribution is -2.23. The first-order chi connectivity index (χ1) is 8.00. The Morgan fingerprint density at radius 3 is 2.53 bits per heavy atom. The van der Waals surface area contributed by atoms with Crippen LogP contribution in [-0.2, 0) is 6.18 Å². The van der Waals surface area contributed by atoms with Gasteiger partial charge in [0.25, 0.3) is 0 Å². The van der Waals surface area contributed by atoms with Gasteiger partial charge in [-0.2, -0.15) is 13.2 Å². The van der Waals surface area contributed by atoms with E-state index >= 15 is 0 Å². The van der Waals surface area contributed by atoms with Gasteiger partial charge in [0.15, 0.2) is 0 Å². The van der Waals surface area contributed by atoms with Crippen LogP contribution in [0.1, 0.15) is 30.5 Å². The number of alkyl halides is 3. The molecule has 1 unspecified atom stereocenters. The monoisotopic (exact) mass is 241 g/mol. The van der Waals surface area contributed by atoms with Crippen molar-refractivity contribution >= 4 is 0 Å². The van der Waals surface area contributed by atoms with E-state index in [-0.39, 0.29) is 5.56 Å². The molecule has 0 heterocycles. The summed E-state index contributed by atoms with van der Waals surface area (Å²) in [5.74, 6) is 2.35. The maximum atomic E-state index is 12.8. The predicted octanol–water partition coefficient (Wildman–Crippen LogP) is 3.38. The van der Waals surface area contributed by atoms with Crippen molar-refractivity contribution in [1.29, 1.82) is 0 Å². The molecular formula is C13H14F3N. The fraction of sp³-hybridized carbons (Fsp3) is 0.385. The molecule has 1 aromatic rings. The second-order valence-electron chi connectivity index (χ2n) is 3.64. The van der Waals surface area contributed by atoms with E-state index in [1.165, 1.54) is 12.1 Å². The zero-order chi connectivity index (χ0) is 12.9. The Kier molecular flexibility index (Phi) is 4.59. The van der Waals surface area contributed by atoms with Gasteiger partial charge in [-0.15, -0.1) is 6.42 Å². The van der Waals surface area contributed by atoms with Crippen molar-refractivity contribution in [3.63, 3.8) is 0 Å². The lowest BCUT2D eigenvalue weighted by molar-refractivity contribution is -0.138. The van der Waals surface area contributed by atoms with Crippen LogP contribution in [0.25, 0.3) is 0 Å². The van der Waals surface area contributed by atoms with Crippen molar-refractivity contribution in [3.05, 3.63) is 35.4 Å². The van der Waals surface area contributed by atoms with Crippen molar-refractivity contribution in [2.24, 2.45) is 0 Å². The minimum absolute atomic E-state index is 0.107. The molecule has 0 radical (unpaired) electrons. The van der Waals surface area contributed by atoms with Gasteiger partial charge in [-0.25, -0.2) is 0 Å². The fourth-order valence-electron chi connectivity index (χ4n) is 1.55. The smallest absolute Gasteiger partial charge is 0.300 e. The Hall–Kier alpha value is -1.47. The summed E-state index contributed by atoms with van der Waals surface area (Å²) in [7, 11) is 0. The second kappa shape index (κ2) is 5.74. The lowest BCUT2D eigenvalue weighted by Gasteiger charge is -2.18. The SMILES string of the molecule is C#CC(NCCC)c1ccccc1C(F)(F)F. The van der Waals surface area contributed by atoms with Gasteiger partial charge in [-0.05, 0) is 24.6 Å². The summed E-state index contributed by atoms with van der Waals surface area (Å²) in [5.41, 5.74) is -0.567. The van der Waals surface area contributed by atoms with Gasteiger partial charge in [0.2, 0.25) is 0 Å². The van der Waals surface area contributed by atoms with Gasteiger partial charge in [0.05, 0.1) is 11.6 Å². The van der Waals surface area contributed by atoms with E-state index in [4.69, 9.17) is 6.42 Å². The van der Waals surface area contributed by atoms with Crippen LogP contribution < -0.4 is 5.32 Å². The van der Waals surface area contributed by atoms with Crippen LogP contribution in [0.15, 0.2) is 24.3 Å². The third kappa shape index (κ3) is 3.50. The zero-order valence-corrected chi connectivity index (χ0v) is 9.51. The van der Waals surface area contributed by atoms with Gasteiger partial charge < -0.3 is 0 Å². The maximum absolute atomic E-state index is 12.8.